The summed E-state index contributed by atoms with van der Waals surface area (Å²) in [7, 11) is 0. The second kappa shape index (κ2) is 12.1. The smallest absolute Gasteiger partial charge is 0.307 e. The predicted molar refractivity (Wildman–Crippen MR) is 124 cm³/mol. The fourth-order valence-corrected chi connectivity index (χ4v) is 3.46. The van der Waals surface area contributed by atoms with E-state index in [9.17, 15) is 4.79 Å². The van der Waals surface area contributed by atoms with Gasteiger partial charge in [0.05, 0.1) is 26.2 Å². The van der Waals surface area contributed by atoms with E-state index in [1.54, 1.807) is 0 Å². The van der Waals surface area contributed by atoms with Crippen molar-refractivity contribution in [1.29, 1.82) is 0 Å². The van der Waals surface area contributed by atoms with E-state index in [2.05, 4.69) is 53.2 Å². The third-order valence-corrected chi connectivity index (χ3v) is 5.28. The Morgan fingerprint density at radius 2 is 1.65 bits per heavy atom. The maximum absolute atomic E-state index is 11.7. The second-order valence-electron chi connectivity index (χ2n) is 7.67. The van der Waals surface area contributed by atoms with Crippen LogP contribution in [0.2, 0.25) is 0 Å². The molecule has 0 bridgehead atoms. The molecule has 1 fully saturated rings. The Morgan fingerprint density at radius 1 is 1.03 bits per heavy atom. The van der Waals surface area contributed by atoms with Gasteiger partial charge in [0.25, 0.3) is 0 Å². The molecule has 5 heteroatoms. The Kier molecular flexibility index (Phi) is 8.96. The Labute approximate surface area is 185 Å². The first kappa shape index (κ1) is 22.9. The zero-order valence-electron chi connectivity index (χ0n) is 18.5. The van der Waals surface area contributed by atoms with Crippen LogP contribution in [0, 0.1) is 11.8 Å². The fourth-order valence-electron chi connectivity index (χ4n) is 3.46. The van der Waals surface area contributed by atoms with Crippen molar-refractivity contribution in [2.24, 2.45) is 0 Å². The van der Waals surface area contributed by atoms with E-state index >= 15 is 0 Å². The van der Waals surface area contributed by atoms with Gasteiger partial charge in [-0.3, -0.25) is 9.69 Å². The number of carbonyl (C=O) groups excluding carboxylic acids is 1. The molecule has 1 saturated heterocycles. The highest BCUT2D eigenvalue weighted by atomic mass is 16.5. The molecule has 164 valence electrons. The summed E-state index contributed by atoms with van der Waals surface area (Å²) in [5.41, 5.74) is 4.25. The topological polar surface area (TPSA) is 50.8 Å². The molecule has 31 heavy (non-hydrogen) atoms. The number of hydrogen-bond donors (Lipinski definition) is 1. The van der Waals surface area contributed by atoms with Gasteiger partial charge in [-0.1, -0.05) is 30.9 Å². The van der Waals surface area contributed by atoms with E-state index in [1.807, 2.05) is 31.2 Å². The molecule has 0 amide bonds. The lowest BCUT2D eigenvalue weighted by Crippen LogP contribution is -2.35. The van der Waals surface area contributed by atoms with Crippen molar-refractivity contribution in [1.82, 2.24) is 4.90 Å². The molecule has 0 radical (unpaired) electrons. The van der Waals surface area contributed by atoms with E-state index in [0.717, 1.165) is 56.1 Å². The number of anilines is 1. The minimum absolute atomic E-state index is 0.0620. The summed E-state index contributed by atoms with van der Waals surface area (Å²) in [5, 5.41) is 3.40. The molecule has 5 nitrogen and oxygen atoms in total. The molecule has 1 atom stereocenters. The molecule has 1 aliphatic rings. The highest BCUT2D eigenvalue weighted by Gasteiger charge is 2.13. The zero-order valence-corrected chi connectivity index (χ0v) is 18.5. The largest absolute Gasteiger partial charge is 0.466 e. The van der Waals surface area contributed by atoms with Gasteiger partial charge in [0.1, 0.15) is 0 Å². The molecule has 0 aromatic heterocycles. The lowest BCUT2D eigenvalue weighted by Gasteiger charge is -2.26. The van der Waals surface area contributed by atoms with Crippen LogP contribution in [0.1, 0.15) is 43.4 Å². The second-order valence-corrected chi connectivity index (χ2v) is 7.67. The first-order chi connectivity index (χ1) is 15.2. The number of esters is 1. The van der Waals surface area contributed by atoms with Crippen LogP contribution in [-0.2, 0) is 20.8 Å². The highest BCUT2D eigenvalue weighted by Crippen LogP contribution is 2.14. The number of nitrogens with zero attached hydrogens (tertiary/aromatic N) is 1. The summed E-state index contributed by atoms with van der Waals surface area (Å²) >= 11 is 0. The minimum atomic E-state index is -0.166. The van der Waals surface area contributed by atoms with Gasteiger partial charge in [0.2, 0.25) is 0 Å². The molecular formula is C26H32N2O3. The van der Waals surface area contributed by atoms with Crippen LogP contribution in [0.15, 0.2) is 48.5 Å². The lowest BCUT2D eigenvalue weighted by molar-refractivity contribution is -0.143. The molecule has 0 aliphatic carbocycles. The van der Waals surface area contributed by atoms with Crippen molar-refractivity contribution in [3.8, 4) is 11.8 Å². The standard InChI is InChI=1S/C26H32N2O3/c1-3-24(19-26(29)31-4-2)27-25-13-11-22(12-14-25)6-5-21-7-9-23(10-8-21)20-28-15-17-30-18-16-28/h7-14,24,27H,3-4,15-20H2,1-2H3. The molecule has 0 saturated carbocycles. The summed E-state index contributed by atoms with van der Waals surface area (Å²) in [4.78, 5) is 14.1. The van der Waals surface area contributed by atoms with Gasteiger partial charge in [0.15, 0.2) is 0 Å². The number of hydrogen-bond acceptors (Lipinski definition) is 5. The first-order valence-electron chi connectivity index (χ1n) is 11.1. The van der Waals surface area contributed by atoms with Crippen LogP contribution in [0.3, 0.4) is 0 Å². The number of morpholine rings is 1. The Bertz CT molecular complexity index is 876. The molecular weight excluding hydrogens is 388 g/mol. The van der Waals surface area contributed by atoms with Gasteiger partial charge in [0, 0.05) is 42.5 Å². The van der Waals surface area contributed by atoms with Gasteiger partial charge in [-0.15, -0.1) is 0 Å². The fraction of sp³-hybridized carbons (Fsp3) is 0.423. The van der Waals surface area contributed by atoms with E-state index in [-0.39, 0.29) is 12.0 Å². The minimum Gasteiger partial charge on any atom is -0.466 e. The molecule has 1 aliphatic heterocycles. The van der Waals surface area contributed by atoms with Crippen molar-refractivity contribution in [2.45, 2.75) is 39.3 Å². The average Bonchev–Trinajstić information content (AvgIpc) is 2.80. The van der Waals surface area contributed by atoms with Crippen LogP contribution in [0.25, 0.3) is 0 Å². The number of nitrogens with one attached hydrogen (secondary N) is 1. The number of carbonyl (C=O) groups is 1. The highest BCUT2D eigenvalue weighted by molar-refractivity contribution is 5.70. The molecule has 1 heterocycles. The van der Waals surface area contributed by atoms with Crippen LogP contribution in [-0.4, -0.2) is 49.8 Å². The van der Waals surface area contributed by atoms with E-state index in [4.69, 9.17) is 9.47 Å². The van der Waals surface area contributed by atoms with Gasteiger partial charge >= 0.3 is 5.97 Å². The first-order valence-corrected chi connectivity index (χ1v) is 11.1. The molecule has 3 rings (SSSR count). The van der Waals surface area contributed by atoms with Crippen LogP contribution < -0.4 is 5.32 Å². The average molecular weight is 421 g/mol. The summed E-state index contributed by atoms with van der Waals surface area (Å²) in [6, 6.07) is 16.5. The van der Waals surface area contributed by atoms with Gasteiger partial charge < -0.3 is 14.8 Å². The summed E-state index contributed by atoms with van der Waals surface area (Å²) < 4.78 is 10.4. The molecule has 0 spiro atoms. The van der Waals surface area contributed by atoms with Crippen molar-refractivity contribution in [3.05, 3.63) is 65.2 Å². The maximum Gasteiger partial charge on any atom is 0.307 e. The van der Waals surface area contributed by atoms with Gasteiger partial charge in [-0.2, -0.15) is 0 Å². The monoisotopic (exact) mass is 420 g/mol. The molecule has 2 aromatic carbocycles. The third kappa shape index (κ3) is 7.75. The Balaban J connectivity index is 1.53. The van der Waals surface area contributed by atoms with Crippen molar-refractivity contribution in [3.63, 3.8) is 0 Å². The van der Waals surface area contributed by atoms with E-state index in [1.165, 1.54) is 5.56 Å². The number of ether oxygens (including phenoxy) is 2. The Morgan fingerprint density at radius 3 is 2.23 bits per heavy atom. The van der Waals surface area contributed by atoms with Crippen LogP contribution >= 0.6 is 0 Å². The Hall–Kier alpha value is -2.81. The summed E-state index contributed by atoms with van der Waals surface area (Å²) in [5.74, 6) is 6.30. The van der Waals surface area contributed by atoms with Crippen LogP contribution in [0.5, 0.6) is 0 Å². The summed E-state index contributed by atoms with van der Waals surface area (Å²) in [6.45, 7) is 8.89. The third-order valence-electron chi connectivity index (χ3n) is 5.28. The predicted octanol–water partition coefficient (Wildman–Crippen LogP) is 4.06. The maximum atomic E-state index is 11.7. The van der Waals surface area contributed by atoms with E-state index < -0.39 is 0 Å². The van der Waals surface area contributed by atoms with Gasteiger partial charge in [-0.05, 0) is 55.3 Å². The lowest BCUT2D eigenvalue weighted by atomic mass is 10.1. The van der Waals surface area contributed by atoms with Crippen molar-refractivity contribution < 1.29 is 14.3 Å². The van der Waals surface area contributed by atoms with Gasteiger partial charge in [-0.25, -0.2) is 0 Å². The molecule has 1 N–H and O–H groups in total. The van der Waals surface area contributed by atoms with E-state index in [0.29, 0.717) is 13.0 Å². The zero-order chi connectivity index (χ0) is 21.9. The molecule has 1 unspecified atom stereocenters. The normalized spacial score (nSPS) is 14.9. The quantitative estimate of drug-likeness (QED) is 0.516. The number of rotatable bonds is 8. The number of benzene rings is 2. The van der Waals surface area contributed by atoms with Crippen molar-refractivity contribution >= 4 is 11.7 Å². The summed E-state index contributed by atoms with van der Waals surface area (Å²) in [6.07, 6.45) is 1.22. The molecule has 2 aromatic rings. The van der Waals surface area contributed by atoms with Crippen LogP contribution in [0.4, 0.5) is 5.69 Å². The van der Waals surface area contributed by atoms with Crippen molar-refractivity contribution in [2.75, 3.05) is 38.2 Å². The SMILES string of the molecule is CCOC(=O)CC(CC)Nc1ccc(C#Cc2ccc(CN3CCOCC3)cc2)cc1.